The van der Waals surface area contributed by atoms with Gasteiger partial charge in [0.2, 0.25) is 18.2 Å². The highest BCUT2D eigenvalue weighted by Crippen LogP contribution is 2.17. The number of nitrogens with zero attached hydrogens (tertiary/aromatic N) is 5. The maximum absolute atomic E-state index is 10.6. The van der Waals surface area contributed by atoms with E-state index in [4.69, 9.17) is 5.73 Å². The van der Waals surface area contributed by atoms with Crippen LogP contribution >= 0.6 is 0 Å². The average molecular weight is 263 g/mol. The molecule has 1 aromatic heterocycles. The van der Waals surface area contributed by atoms with Crippen LogP contribution in [0.15, 0.2) is 10.7 Å². The zero-order valence-corrected chi connectivity index (χ0v) is 8.66. The summed E-state index contributed by atoms with van der Waals surface area (Å²) < 4.78 is 5.28. The van der Waals surface area contributed by atoms with E-state index in [0.29, 0.717) is 0 Å². The van der Waals surface area contributed by atoms with Gasteiger partial charge in [0, 0.05) is 0 Å². The molecule has 0 spiro atoms. The number of aryl methyl sites for hydroxylation is 1. The van der Waals surface area contributed by atoms with Crippen LogP contribution in [0.5, 0.6) is 0 Å². The minimum Gasteiger partial charge on any atom is -0.362 e. The summed E-state index contributed by atoms with van der Waals surface area (Å²) in [5, 5.41) is 35.0. The van der Waals surface area contributed by atoms with E-state index in [-0.39, 0.29) is 5.88 Å². The van der Waals surface area contributed by atoms with E-state index in [9.17, 15) is 30.3 Å². The van der Waals surface area contributed by atoms with Gasteiger partial charge in [-0.05, 0) is 4.68 Å². The van der Waals surface area contributed by atoms with E-state index in [1.165, 1.54) is 0 Å². The summed E-state index contributed by atoms with van der Waals surface area (Å²) in [5.74, 6) is -3.65. The third kappa shape index (κ3) is 2.13. The van der Waals surface area contributed by atoms with Gasteiger partial charge in [-0.3, -0.25) is 34.9 Å². The highest BCUT2D eigenvalue weighted by Gasteiger charge is 2.70. The minimum atomic E-state index is -3.51. The van der Waals surface area contributed by atoms with Crippen molar-refractivity contribution in [1.82, 2.24) is 5.27 Å². The zero-order chi connectivity index (χ0) is 13.9. The van der Waals surface area contributed by atoms with E-state index in [2.05, 4.69) is 9.79 Å². The molecule has 1 heterocycles. The molecule has 0 aliphatic rings. The number of nitrogen functional groups attached to an aromatic ring is 1. The standard InChI is InChI=1S/C5H7N6O7/c6-4-3-8(7-18-4)2-1-5(9(12)13,10(14)15)11(16)17/h3H,1-2,6H2/q+1. The Labute approximate surface area is 97.2 Å². The highest BCUT2D eigenvalue weighted by atomic mass is 16.7. The molecule has 0 bridgehead atoms. The quantitative estimate of drug-likeness (QED) is 0.273. The number of aromatic nitrogens is 2. The Hall–Kier alpha value is -2.86. The molecule has 13 heteroatoms. The maximum atomic E-state index is 10.6. The first-order chi connectivity index (χ1) is 8.30. The number of anilines is 1. The molecule has 0 radical (unpaired) electrons. The van der Waals surface area contributed by atoms with Crippen molar-refractivity contribution in [2.45, 2.75) is 18.8 Å². The molecule has 98 valence electrons. The van der Waals surface area contributed by atoms with Gasteiger partial charge in [0.1, 0.15) is 0 Å². The summed E-state index contributed by atoms with van der Waals surface area (Å²) in [4.78, 5) is 27.1. The molecule has 18 heavy (non-hydrogen) atoms. The van der Waals surface area contributed by atoms with Crippen LogP contribution in [0.1, 0.15) is 6.42 Å². The molecule has 0 aromatic carbocycles. The second-order valence-electron chi connectivity index (χ2n) is 3.16. The third-order valence-electron chi connectivity index (χ3n) is 2.08. The van der Waals surface area contributed by atoms with Gasteiger partial charge in [0.25, 0.3) is 12.1 Å². The molecule has 0 saturated carbocycles. The van der Waals surface area contributed by atoms with Crippen molar-refractivity contribution in [2.75, 3.05) is 5.73 Å². The van der Waals surface area contributed by atoms with Gasteiger partial charge in [-0.25, -0.2) is 0 Å². The molecular formula is C5H7N6O7+. The van der Waals surface area contributed by atoms with Crippen LogP contribution in [0, 0.1) is 30.3 Å². The van der Waals surface area contributed by atoms with Crippen molar-refractivity contribution >= 4 is 5.88 Å². The summed E-state index contributed by atoms with van der Waals surface area (Å²) in [6.07, 6.45) is 0.0846. The number of hydrogen-bond acceptors (Lipinski definition) is 9. The van der Waals surface area contributed by atoms with Crippen LogP contribution in [0.3, 0.4) is 0 Å². The first-order valence-corrected chi connectivity index (χ1v) is 4.36. The van der Waals surface area contributed by atoms with Crippen LogP contribution in [-0.2, 0) is 6.54 Å². The van der Waals surface area contributed by atoms with Crippen LogP contribution in [-0.4, -0.2) is 25.8 Å². The van der Waals surface area contributed by atoms with Gasteiger partial charge in [-0.15, -0.1) is 0 Å². The van der Waals surface area contributed by atoms with Crippen molar-refractivity contribution in [3.05, 3.63) is 36.5 Å². The van der Waals surface area contributed by atoms with Crippen molar-refractivity contribution in [3.8, 4) is 0 Å². The molecule has 0 unspecified atom stereocenters. The molecular weight excluding hydrogens is 256 g/mol. The van der Waals surface area contributed by atoms with E-state index >= 15 is 0 Å². The van der Waals surface area contributed by atoms with Crippen molar-refractivity contribution in [3.63, 3.8) is 0 Å². The van der Waals surface area contributed by atoms with Gasteiger partial charge in [0.05, 0.1) is 0 Å². The number of nitro groups is 3. The number of rotatable bonds is 6. The Morgan fingerprint density at radius 2 is 1.78 bits per heavy atom. The predicted octanol–water partition coefficient (Wildman–Crippen LogP) is -1.58. The molecule has 2 N–H and O–H groups in total. The van der Waals surface area contributed by atoms with E-state index < -0.39 is 33.5 Å². The largest absolute Gasteiger partial charge is 0.706 e. The summed E-state index contributed by atoms with van der Waals surface area (Å²) in [6, 6.07) is 0. The Morgan fingerprint density at radius 3 is 2.11 bits per heavy atom. The van der Waals surface area contributed by atoms with Crippen LogP contribution < -0.4 is 10.4 Å². The summed E-state index contributed by atoms with van der Waals surface area (Å²) >= 11 is 0. The van der Waals surface area contributed by atoms with E-state index in [1.807, 2.05) is 0 Å². The molecule has 0 fully saturated rings. The van der Waals surface area contributed by atoms with Gasteiger partial charge in [-0.1, -0.05) is 0 Å². The number of hydrogen-bond donors (Lipinski definition) is 1. The lowest BCUT2D eigenvalue weighted by atomic mass is 10.2. The normalized spacial score (nSPS) is 11.1. The molecule has 0 aliphatic carbocycles. The Morgan fingerprint density at radius 1 is 1.28 bits per heavy atom. The Bertz CT molecular complexity index is 460. The molecule has 0 saturated heterocycles. The molecule has 13 nitrogen and oxygen atoms in total. The fraction of sp³-hybridized carbons (Fsp3) is 0.600. The molecule has 1 aromatic rings. The second-order valence-corrected chi connectivity index (χ2v) is 3.16. The number of nitrogens with two attached hydrogens (primary N) is 1. The highest BCUT2D eigenvalue weighted by molar-refractivity contribution is 5.11. The fourth-order valence-electron chi connectivity index (χ4n) is 1.14. The summed E-state index contributed by atoms with van der Waals surface area (Å²) in [5.41, 5.74) is 5.15. The van der Waals surface area contributed by atoms with Crippen LogP contribution in [0.25, 0.3) is 0 Å². The van der Waals surface area contributed by atoms with E-state index in [1.54, 1.807) is 0 Å². The lowest BCUT2D eigenvalue weighted by molar-refractivity contribution is -0.975. The fourth-order valence-corrected chi connectivity index (χ4v) is 1.14. The van der Waals surface area contributed by atoms with Crippen molar-refractivity contribution < 1.29 is 24.0 Å². The topological polar surface area (TPSA) is 185 Å². The van der Waals surface area contributed by atoms with Crippen molar-refractivity contribution in [1.29, 1.82) is 0 Å². The Balaban J connectivity index is 2.95. The lowest BCUT2D eigenvalue weighted by Crippen LogP contribution is -2.55. The molecule has 1 rings (SSSR count). The first kappa shape index (κ1) is 13.2. The lowest BCUT2D eigenvalue weighted by Gasteiger charge is -2.05. The molecule has 0 atom stereocenters. The average Bonchev–Trinajstić information content (AvgIpc) is 2.63. The first-order valence-electron chi connectivity index (χ1n) is 4.36. The zero-order valence-electron chi connectivity index (χ0n) is 8.66. The van der Waals surface area contributed by atoms with Crippen LogP contribution in [0.2, 0.25) is 0 Å². The molecule has 0 aliphatic heterocycles. The molecule has 0 amide bonds. The maximum Gasteiger partial charge on any atom is 0.706 e. The van der Waals surface area contributed by atoms with Gasteiger partial charge in [0.15, 0.2) is 14.8 Å². The van der Waals surface area contributed by atoms with Gasteiger partial charge < -0.3 is 5.73 Å². The minimum absolute atomic E-state index is 0.135. The predicted molar refractivity (Wildman–Crippen MR) is 49.4 cm³/mol. The summed E-state index contributed by atoms with van der Waals surface area (Å²) in [7, 11) is 0. The monoisotopic (exact) mass is 263 g/mol. The Kier molecular flexibility index (Phi) is 3.35. The summed E-state index contributed by atoms with van der Waals surface area (Å²) in [6.45, 7) is -0.469. The second kappa shape index (κ2) is 4.56. The third-order valence-corrected chi connectivity index (χ3v) is 2.08. The van der Waals surface area contributed by atoms with E-state index in [0.717, 1.165) is 10.9 Å². The van der Waals surface area contributed by atoms with Gasteiger partial charge in [-0.2, -0.15) is 0 Å². The SMILES string of the molecule is Nc1c[n+](CCC([N+](=O)[O-])([N+](=O)[O-])[N+](=O)[O-])no1. The van der Waals surface area contributed by atoms with Crippen LogP contribution in [0.4, 0.5) is 5.88 Å². The van der Waals surface area contributed by atoms with Crippen molar-refractivity contribution in [2.24, 2.45) is 0 Å². The van der Waals surface area contributed by atoms with Gasteiger partial charge >= 0.3 is 5.79 Å². The smallest absolute Gasteiger partial charge is 0.362 e.